The van der Waals surface area contributed by atoms with Crippen LogP contribution in [-0.2, 0) is 19.5 Å². The van der Waals surface area contributed by atoms with Gasteiger partial charge in [0.1, 0.15) is 5.82 Å². The molecule has 17 heavy (non-hydrogen) atoms. The lowest BCUT2D eigenvalue weighted by atomic mass is 10.3. The normalized spacial score (nSPS) is 10.5. The molecule has 0 amide bonds. The summed E-state index contributed by atoms with van der Waals surface area (Å²) in [5, 5.41) is 4.13. The first-order valence-corrected chi connectivity index (χ1v) is 5.78. The van der Waals surface area contributed by atoms with Crippen molar-refractivity contribution >= 4 is 17.4 Å². The van der Waals surface area contributed by atoms with Gasteiger partial charge in [0.25, 0.3) is 0 Å². The third kappa shape index (κ3) is 2.94. The molecule has 0 spiro atoms. The minimum Gasteiger partial charge on any atom is -0.354 e. The fraction of sp³-hybridized carbons (Fsp3) is 0.364. The molecule has 0 aromatic carbocycles. The Morgan fingerprint density at radius 1 is 1.35 bits per heavy atom. The lowest BCUT2D eigenvalue weighted by Gasteiger charge is -2.16. The maximum atomic E-state index is 5.73. The average Bonchev–Trinajstić information content (AvgIpc) is 2.75. The van der Waals surface area contributed by atoms with E-state index in [0.717, 1.165) is 23.6 Å². The van der Waals surface area contributed by atoms with Crippen molar-refractivity contribution in [2.45, 2.75) is 12.4 Å². The quantitative estimate of drug-likeness (QED) is 0.775. The molecule has 2 rings (SSSR count). The summed E-state index contributed by atoms with van der Waals surface area (Å²) in [5.74, 6) is 1.19. The van der Waals surface area contributed by atoms with Gasteiger partial charge in [0, 0.05) is 38.6 Å². The van der Waals surface area contributed by atoms with Gasteiger partial charge in [-0.2, -0.15) is 5.10 Å². The first-order chi connectivity index (χ1) is 8.19. The predicted octanol–water partition coefficient (Wildman–Crippen LogP) is 1.59. The third-order valence-corrected chi connectivity index (χ3v) is 2.65. The van der Waals surface area contributed by atoms with Crippen molar-refractivity contribution in [3.8, 4) is 0 Å². The predicted molar refractivity (Wildman–Crippen MR) is 66.9 cm³/mol. The molecular formula is C11H14ClN5. The van der Waals surface area contributed by atoms with Crippen molar-refractivity contribution < 1.29 is 0 Å². The van der Waals surface area contributed by atoms with E-state index in [9.17, 15) is 0 Å². The summed E-state index contributed by atoms with van der Waals surface area (Å²) in [7, 11) is 3.87. The van der Waals surface area contributed by atoms with Crippen LogP contribution in [0.5, 0.6) is 0 Å². The molecule has 2 aromatic rings. The van der Waals surface area contributed by atoms with Gasteiger partial charge in [0.2, 0.25) is 0 Å². The third-order valence-electron chi connectivity index (χ3n) is 2.38. The fourth-order valence-electron chi connectivity index (χ4n) is 1.55. The number of halogens is 1. The van der Waals surface area contributed by atoms with Crippen LogP contribution in [0.25, 0.3) is 0 Å². The van der Waals surface area contributed by atoms with E-state index in [1.807, 2.05) is 31.4 Å². The molecule has 0 unspecified atom stereocenters. The van der Waals surface area contributed by atoms with Gasteiger partial charge in [0.15, 0.2) is 0 Å². The lowest BCUT2D eigenvalue weighted by Crippen LogP contribution is -2.18. The Morgan fingerprint density at radius 2 is 2.18 bits per heavy atom. The molecule has 0 aliphatic heterocycles. The second-order valence-electron chi connectivity index (χ2n) is 3.88. The van der Waals surface area contributed by atoms with E-state index in [-0.39, 0.29) is 0 Å². The first-order valence-electron chi connectivity index (χ1n) is 5.24. The number of anilines is 1. The van der Waals surface area contributed by atoms with Crippen LogP contribution < -0.4 is 4.90 Å². The molecule has 2 heterocycles. The molecule has 0 N–H and O–H groups in total. The van der Waals surface area contributed by atoms with Gasteiger partial charge in [-0.25, -0.2) is 4.98 Å². The van der Waals surface area contributed by atoms with Crippen molar-refractivity contribution in [2.24, 2.45) is 7.05 Å². The van der Waals surface area contributed by atoms with Gasteiger partial charge < -0.3 is 4.90 Å². The van der Waals surface area contributed by atoms with Crippen molar-refractivity contribution in [1.29, 1.82) is 0 Å². The monoisotopic (exact) mass is 251 g/mol. The van der Waals surface area contributed by atoms with Crippen molar-refractivity contribution in [2.75, 3.05) is 11.9 Å². The Bertz CT molecular complexity index is 496. The first kappa shape index (κ1) is 11.9. The van der Waals surface area contributed by atoms with E-state index in [1.165, 1.54) is 0 Å². The van der Waals surface area contributed by atoms with E-state index in [4.69, 9.17) is 11.6 Å². The van der Waals surface area contributed by atoms with Crippen LogP contribution in [0.15, 0.2) is 24.8 Å². The number of nitrogens with zero attached hydrogens (tertiary/aromatic N) is 5. The summed E-state index contributed by atoms with van der Waals surface area (Å²) in [6.07, 6.45) is 7.23. The summed E-state index contributed by atoms with van der Waals surface area (Å²) >= 11 is 5.73. The summed E-state index contributed by atoms with van der Waals surface area (Å²) in [6, 6.07) is 0. The van der Waals surface area contributed by atoms with Crippen LogP contribution in [0.2, 0.25) is 0 Å². The average molecular weight is 252 g/mol. The summed E-state index contributed by atoms with van der Waals surface area (Å²) < 4.78 is 1.78. The number of hydrogen-bond acceptors (Lipinski definition) is 4. The SMILES string of the molecule is CN(Cc1cnn(C)c1)c1cncc(CCl)n1. The Balaban J connectivity index is 2.11. The molecular weight excluding hydrogens is 238 g/mol. The zero-order chi connectivity index (χ0) is 12.3. The van der Waals surface area contributed by atoms with Crippen LogP contribution in [0.4, 0.5) is 5.82 Å². The van der Waals surface area contributed by atoms with E-state index in [1.54, 1.807) is 17.1 Å². The molecule has 90 valence electrons. The molecule has 0 saturated heterocycles. The van der Waals surface area contributed by atoms with Crippen LogP contribution in [0.3, 0.4) is 0 Å². The van der Waals surface area contributed by atoms with Crippen molar-refractivity contribution in [3.63, 3.8) is 0 Å². The van der Waals surface area contributed by atoms with E-state index >= 15 is 0 Å². The van der Waals surface area contributed by atoms with Crippen LogP contribution in [-0.4, -0.2) is 26.8 Å². The molecule has 0 bridgehead atoms. The Labute approximate surface area is 105 Å². The highest BCUT2D eigenvalue weighted by Crippen LogP contribution is 2.12. The molecule has 0 radical (unpaired) electrons. The molecule has 0 atom stereocenters. The molecule has 0 saturated carbocycles. The van der Waals surface area contributed by atoms with Gasteiger partial charge in [-0.15, -0.1) is 11.6 Å². The van der Waals surface area contributed by atoms with Crippen LogP contribution in [0, 0.1) is 0 Å². The van der Waals surface area contributed by atoms with Crippen LogP contribution >= 0.6 is 11.6 Å². The number of aromatic nitrogens is 4. The van der Waals surface area contributed by atoms with E-state index in [0.29, 0.717) is 5.88 Å². The lowest BCUT2D eigenvalue weighted by molar-refractivity contribution is 0.766. The number of alkyl halides is 1. The minimum absolute atomic E-state index is 0.377. The highest BCUT2D eigenvalue weighted by atomic mass is 35.5. The molecule has 6 heteroatoms. The van der Waals surface area contributed by atoms with Crippen molar-refractivity contribution in [1.82, 2.24) is 19.7 Å². The second kappa shape index (κ2) is 5.14. The smallest absolute Gasteiger partial charge is 0.147 e. The maximum absolute atomic E-state index is 5.73. The minimum atomic E-state index is 0.377. The van der Waals surface area contributed by atoms with Gasteiger partial charge in [0.05, 0.1) is 24.0 Å². The highest BCUT2D eigenvalue weighted by Gasteiger charge is 2.06. The van der Waals surface area contributed by atoms with Gasteiger partial charge in [-0.05, 0) is 0 Å². The zero-order valence-corrected chi connectivity index (χ0v) is 10.6. The zero-order valence-electron chi connectivity index (χ0n) is 9.84. The van der Waals surface area contributed by atoms with E-state index in [2.05, 4.69) is 15.1 Å². The molecule has 0 aliphatic rings. The number of aryl methyl sites for hydroxylation is 1. The van der Waals surface area contributed by atoms with Gasteiger partial charge >= 0.3 is 0 Å². The summed E-state index contributed by atoms with van der Waals surface area (Å²) in [5.41, 5.74) is 1.91. The Kier molecular flexibility index (Phi) is 3.58. The molecule has 0 fully saturated rings. The van der Waals surface area contributed by atoms with E-state index < -0.39 is 0 Å². The van der Waals surface area contributed by atoms with Crippen molar-refractivity contribution in [3.05, 3.63) is 36.0 Å². The Hall–Kier alpha value is -1.62. The molecule has 5 nitrogen and oxygen atoms in total. The highest BCUT2D eigenvalue weighted by molar-refractivity contribution is 6.16. The van der Waals surface area contributed by atoms with Gasteiger partial charge in [-0.3, -0.25) is 9.67 Å². The maximum Gasteiger partial charge on any atom is 0.147 e. The second-order valence-corrected chi connectivity index (χ2v) is 4.15. The standard InChI is InChI=1S/C11H14ClN5/c1-16(7-9-4-14-17(2)8-9)11-6-13-5-10(3-12)15-11/h4-6,8H,3,7H2,1-2H3. The summed E-state index contributed by atoms with van der Waals surface area (Å²) in [6.45, 7) is 0.744. The Morgan fingerprint density at radius 3 is 2.82 bits per heavy atom. The number of rotatable bonds is 4. The fourth-order valence-corrected chi connectivity index (χ4v) is 1.68. The summed E-state index contributed by atoms with van der Waals surface area (Å²) in [4.78, 5) is 10.5. The largest absolute Gasteiger partial charge is 0.354 e. The van der Waals surface area contributed by atoms with Crippen LogP contribution in [0.1, 0.15) is 11.3 Å². The topological polar surface area (TPSA) is 46.8 Å². The molecule has 2 aromatic heterocycles. The molecule has 0 aliphatic carbocycles. The van der Waals surface area contributed by atoms with Gasteiger partial charge in [-0.1, -0.05) is 0 Å². The number of hydrogen-bond donors (Lipinski definition) is 0.